The van der Waals surface area contributed by atoms with Crippen LogP contribution in [0, 0.1) is 9.39 Å². The first kappa shape index (κ1) is 21.6. The lowest BCUT2D eigenvalue weighted by atomic mass is 10.1. The van der Waals surface area contributed by atoms with Gasteiger partial charge in [0.1, 0.15) is 5.82 Å². The molecule has 1 heterocycles. The van der Waals surface area contributed by atoms with Crippen LogP contribution in [-0.4, -0.2) is 29.8 Å². The maximum atomic E-state index is 13.1. The van der Waals surface area contributed by atoms with Gasteiger partial charge in [-0.2, -0.15) is 0 Å². The molecule has 1 saturated heterocycles. The molecule has 5 nitrogen and oxygen atoms in total. The minimum absolute atomic E-state index is 0.104. The van der Waals surface area contributed by atoms with E-state index in [1.54, 1.807) is 31.4 Å². The highest BCUT2D eigenvalue weighted by Gasteiger charge is 2.35. The highest BCUT2D eigenvalue weighted by Crippen LogP contribution is 2.37. The van der Waals surface area contributed by atoms with E-state index in [-0.39, 0.29) is 23.5 Å². The fraction of sp³-hybridized carbons (Fsp3) is 0.238. The van der Waals surface area contributed by atoms with E-state index >= 15 is 0 Å². The number of carbonyl (C=O) groups excluding carboxylic acids is 2. The van der Waals surface area contributed by atoms with Crippen molar-refractivity contribution in [2.45, 2.75) is 19.9 Å². The van der Waals surface area contributed by atoms with Gasteiger partial charge < -0.3 is 9.47 Å². The number of imide groups is 1. The molecule has 0 aliphatic carbocycles. The second-order valence-corrected chi connectivity index (χ2v) is 8.43. The van der Waals surface area contributed by atoms with Gasteiger partial charge in [-0.1, -0.05) is 19.1 Å². The van der Waals surface area contributed by atoms with Crippen molar-refractivity contribution in [3.63, 3.8) is 0 Å². The van der Waals surface area contributed by atoms with Crippen LogP contribution in [0.5, 0.6) is 11.5 Å². The van der Waals surface area contributed by atoms with E-state index in [0.717, 1.165) is 32.2 Å². The summed E-state index contributed by atoms with van der Waals surface area (Å²) in [4.78, 5) is 26.5. The van der Waals surface area contributed by atoms with Crippen LogP contribution in [0.1, 0.15) is 24.5 Å². The molecule has 0 N–H and O–H groups in total. The molecule has 152 valence electrons. The Bertz CT molecular complexity index is 962. The summed E-state index contributed by atoms with van der Waals surface area (Å²) < 4.78 is 25.1. The third kappa shape index (κ3) is 5.11. The number of nitrogens with zero attached hydrogens (tertiary/aromatic N) is 1. The molecule has 2 amide bonds. The second-order valence-electron chi connectivity index (χ2n) is 6.28. The molecule has 0 bridgehead atoms. The summed E-state index contributed by atoms with van der Waals surface area (Å²) in [5.74, 6) is 0.501. The zero-order chi connectivity index (χ0) is 21.0. The van der Waals surface area contributed by atoms with Crippen molar-refractivity contribution in [1.29, 1.82) is 0 Å². The van der Waals surface area contributed by atoms with Crippen LogP contribution in [0.15, 0.2) is 41.3 Å². The molecule has 0 spiro atoms. The number of hydrogen-bond donors (Lipinski definition) is 0. The molecule has 1 fully saturated rings. The van der Waals surface area contributed by atoms with E-state index < -0.39 is 0 Å². The highest BCUT2D eigenvalue weighted by molar-refractivity contribution is 14.1. The van der Waals surface area contributed by atoms with Gasteiger partial charge in [-0.05, 0) is 82.2 Å². The number of methoxy groups -OCH3 is 1. The Kier molecular flexibility index (Phi) is 7.18. The Labute approximate surface area is 186 Å². The Morgan fingerprint density at radius 3 is 2.59 bits per heavy atom. The van der Waals surface area contributed by atoms with Crippen molar-refractivity contribution in [3.05, 3.63) is 61.8 Å². The van der Waals surface area contributed by atoms with Gasteiger partial charge in [-0.15, -0.1) is 0 Å². The summed E-state index contributed by atoms with van der Waals surface area (Å²) in [5.41, 5.74) is 1.42. The summed E-state index contributed by atoms with van der Waals surface area (Å²) in [6.45, 7) is 2.71. The summed E-state index contributed by atoms with van der Waals surface area (Å²) in [5, 5.41) is -0.352. The monoisotopic (exact) mass is 527 g/mol. The predicted molar refractivity (Wildman–Crippen MR) is 119 cm³/mol. The topological polar surface area (TPSA) is 55.8 Å². The normalized spacial score (nSPS) is 15.3. The molecule has 8 heteroatoms. The number of hydrogen-bond acceptors (Lipinski definition) is 5. The molecule has 0 aromatic heterocycles. The molecule has 0 atom stereocenters. The summed E-state index contributed by atoms with van der Waals surface area (Å²) in [6, 6.07) is 9.39. The van der Waals surface area contributed by atoms with Crippen LogP contribution in [0.3, 0.4) is 0 Å². The Morgan fingerprint density at radius 2 is 1.93 bits per heavy atom. The van der Waals surface area contributed by atoms with Gasteiger partial charge in [0, 0.05) is 0 Å². The van der Waals surface area contributed by atoms with Crippen LogP contribution in [-0.2, 0) is 11.3 Å². The number of rotatable bonds is 7. The molecule has 0 radical (unpaired) electrons. The van der Waals surface area contributed by atoms with Crippen LogP contribution in [0.2, 0.25) is 0 Å². The van der Waals surface area contributed by atoms with Crippen LogP contribution >= 0.6 is 34.4 Å². The van der Waals surface area contributed by atoms with Crippen LogP contribution < -0.4 is 9.47 Å². The van der Waals surface area contributed by atoms with Gasteiger partial charge in [-0.25, -0.2) is 4.39 Å². The van der Waals surface area contributed by atoms with Crippen molar-refractivity contribution < 1.29 is 23.5 Å². The minimum atomic E-state index is -0.371. The molecule has 3 rings (SSSR count). The maximum absolute atomic E-state index is 13.1. The molecule has 2 aromatic rings. The van der Waals surface area contributed by atoms with Crippen LogP contribution in [0.4, 0.5) is 9.18 Å². The van der Waals surface area contributed by atoms with E-state index in [9.17, 15) is 14.0 Å². The fourth-order valence-corrected chi connectivity index (χ4v) is 4.35. The fourth-order valence-electron chi connectivity index (χ4n) is 2.73. The number of ether oxygens (including phenoxy) is 2. The molecule has 2 aromatic carbocycles. The largest absolute Gasteiger partial charge is 0.493 e. The van der Waals surface area contributed by atoms with Crippen molar-refractivity contribution in [2.75, 3.05) is 13.7 Å². The summed E-state index contributed by atoms with van der Waals surface area (Å²) in [7, 11) is 1.56. The lowest BCUT2D eigenvalue weighted by Gasteiger charge is -2.13. The summed E-state index contributed by atoms with van der Waals surface area (Å²) >= 11 is 3.04. The third-order valence-corrected chi connectivity index (χ3v) is 5.84. The summed E-state index contributed by atoms with van der Waals surface area (Å²) in [6.07, 6.45) is 2.55. The second kappa shape index (κ2) is 9.62. The van der Waals surface area contributed by atoms with E-state index in [1.807, 2.05) is 13.0 Å². The first-order valence-corrected chi connectivity index (χ1v) is 10.8. The first-order valence-electron chi connectivity index (χ1n) is 8.93. The van der Waals surface area contributed by atoms with E-state index in [4.69, 9.17) is 9.47 Å². The molecule has 1 aliphatic heterocycles. The molecular formula is C21H19FINO4S. The Balaban J connectivity index is 1.83. The van der Waals surface area contributed by atoms with E-state index in [0.29, 0.717) is 28.6 Å². The number of thioether (sulfide) groups is 1. The van der Waals surface area contributed by atoms with Gasteiger partial charge in [0.25, 0.3) is 11.1 Å². The molecular weight excluding hydrogens is 508 g/mol. The smallest absolute Gasteiger partial charge is 0.293 e. The number of halogens is 2. The van der Waals surface area contributed by atoms with Gasteiger partial charge in [0.05, 0.1) is 28.7 Å². The van der Waals surface area contributed by atoms with E-state index in [1.165, 1.54) is 12.1 Å². The number of carbonyl (C=O) groups is 2. The third-order valence-electron chi connectivity index (χ3n) is 4.13. The zero-order valence-corrected chi connectivity index (χ0v) is 18.9. The number of benzene rings is 2. The van der Waals surface area contributed by atoms with Crippen molar-refractivity contribution in [1.82, 2.24) is 4.90 Å². The van der Waals surface area contributed by atoms with Crippen LogP contribution in [0.25, 0.3) is 6.08 Å². The van der Waals surface area contributed by atoms with Gasteiger partial charge in [0.15, 0.2) is 11.5 Å². The molecule has 1 aliphatic rings. The maximum Gasteiger partial charge on any atom is 0.293 e. The lowest BCUT2D eigenvalue weighted by molar-refractivity contribution is -0.123. The minimum Gasteiger partial charge on any atom is -0.493 e. The van der Waals surface area contributed by atoms with Crippen molar-refractivity contribution >= 4 is 51.6 Å². The predicted octanol–water partition coefficient (Wildman–Crippen LogP) is 5.46. The zero-order valence-electron chi connectivity index (χ0n) is 15.9. The molecule has 0 saturated carbocycles. The molecule has 29 heavy (non-hydrogen) atoms. The van der Waals surface area contributed by atoms with E-state index in [2.05, 4.69) is 22.6 Å². The Hall–Kier alpha value is -2.07. The van der Waals surface area contributed by atoms with Gasteiger partial charge >= 0.3 is 0 Å². The molecule has 0 unspecified atom stereocenters. The highest BCUT2D eigenvalue weighted by atomic mass is 127. The Morgan fingerprint density at radius 1 is 1.21 bits per heavy atom. The SMILES string of the molecule is CCCOc1c(I)cc(/C=C2\SC(=O)N(Cc3ccc(F)cc3)C2=O)cc1OC. The van der Waals surface area contributed by atoms with Crippen molar-refractivity contribution in [3.8, 4) is 11.5 Å². The lowest BCUT2D eigenvalue weighted by Crippen LogP contribution is -2.27. The standard InChI is InChI=1S/C21H19FINO4S/c1-3-8-28-19-16(23)9-14(10-17(19)27-2)11-18-20(25)24(21(26)29-18)12-13-4-6-15(22)7-5-13/h4-7,9-11H,3,8,12H2,1-2H3/b18-11-. The average molecular weight is 527 g/mol. The number of amides is 2. The van der Waals surface area contributed by atoms with Gasteiger partial charge in [-0.3, -0.25) is 14.5 Å². The quantitative estimate of drug-likeness (QED) is 0.354. The average Bonchev–Trinajstić information content (AvgIpc) is 2.95. The first-order chi connectivity index (χ1) is 13.9. The van der Waals surface area contributed by atoms with Gasteiger partial charge in [0.2, 0.25) is 0 Å². The van der Waals surface area contributed by atoms with Crippen molar-refractivity contribution in [2.24, 2.45) is 0 Å².